The maximum absolute atomic E-state index is 5.51. The summed E-state index contributed by atoms with van der Waals surface area (Å²) in [7, 11) is 0. The van der Waals surface area contributed by atoms with Crippen molar-refractivity contribution in [1.82, 2.24) is 9.97 Å². The van der Waals surface area contributed by atoms with E-state index in [9.17, 15) is 0 Å². The van der Waals surface area contributed by atoms with E-state index in [1.54, 1.807) is 12.3 Å². The fraction of sp³-hybridized carbons (Fsp3) is 0.111. The highest BCUT2D eigenvalue weighted by Gasteiger charge is 2.00. The van der Waals surface area contributed by atoms with Crippen LogP contribution in [-0.4, -0.2) is 9.97 Å². The molecule has 0 aliphatic heterocycles. The number of nitrogens with zero attached hydrogens (tertiary/aromatic N) is 2. The molecule has 0 atom stereocenters. The Labute approximate surface area is 86.3 Å². The van der Waals surface area contributed by atoms with Crippen LogP contribution in [0.1, 0.15) is 5.76 Å². The molecule has 0 bridgehead atoms. The molecule has 0 aliphatic carbocycles. The fourth-order valence-electron chi connectivity index (χ4n) is 1.17. The van der Waals surface area contributed by atoms with E-state index >= 15 is 0 Å². The van der Waals surface area contributed by atoms with Crippen molar-refractivity contribution in [2.75, 3.05) is 16.8 Å². The number of hydrogen-bond donors (Lipinski definition) is 3. The number of furan rings is 1. The molecule has 0 radical (unpaired) electrons. The van der Waals surface area contributed by atoms with Crippen LogP contribution in [0.5, 0.6) is 0 Å². The lowest BCUT2D eigenvalue weighted by molar-refractivity contribution is 0.518. The molecular formula is C9H11N5O. The van der Waals surface area contributed by atoms with Gasteiger partial charge in [0.1, 0.15) is 17.4 Å². The van der Waals surface area contributed by atoms with Gasteiger partial charge in [-0.1, -0.05) is 0 Å². The third kappa shape index (κ3) is 2.37. The monoisotopic (exact) mass is 205 g/mol. The molecule has 2 rings (SSSR count). The van der Waals surface area contributed by atoms with E-state index in [0.29, 0.717) is 18.2 Å². The Morgan fingerprint density at radius 1 is 1.33 bits per heavy atom. The van der Waals surface area contributed by atoms with Gasteiger partial charge >= 0.3 is 0 Å². The molecule has 0 amide bonds. The molecule has 0 saturated carbocycles. The zero-order valence-electron chi connectivity index (χ0n) is 7.97. The summed E-state index contributed by atoms with van der Waals surface area (Å²) in [6.07, 6.45) is 1.61. The molecule has 2 aromatic heterocycles. The number of nitrogen functional groups attached to an aromatic ring is 2. The Hall–Kier alpha value is -2.24. The first-order valence-corrected chi connectivity index (χ1v) is 4.40. The predicted molar refractivity (Wildman–Crippen MR) is 56.9 cm³/mol. The summed E-state index contributed by atoms with van der Waals surface area (Å²) in [5, 5.41) is 3.02. The van der Waals surface area contributed by atoms with Crippen LogP contribution in [0.4, 0.5) is 17.6 Å². The number of hydrogen-bond acceptors (Lipinski definition) is 6. The van der Waals surface area contributed by atoms with Gasteiger partial charge in [-0.2, -0.15) is 9.97 Å². The lowest BCUT2D eigenvalue weighted by atomic mass is 10.4. The minimum atomic E-state index is 0.150. The van der Waals surface area contributed by atoms with E-state index < -0.39 is 0 Å². The summed E-state index contributed by atoms with van der Waals surface area (Å²) < 4.78 is 5.15. The lowest BCUT2D eigenvalue weighted by Crippen LogP contribution is -2.05. The van der Waals surface area contributed by atoms with E-state index in [1.165, 1.54) is 0 Å². The number of anilines is 3. The van der Waals surface area contributed by atoms with Crippen LogP contribution >= 0.6 is 0 Å². The van der Waals surface area contributed by atoms with Gasteiger partial charge in [0.15, 0.2) is 0 Å². The van der Waals surface area contributed by atoms with Gasteiger partial charge in [-0.15, -0.1) is 0 Å². The molecule has 0 unspecified atom stereocenters. The lowest BCUT2D eigenvalue weighted by Gasteiger charge is -2.04. The van der Waals surface area contributed by atoms with Crippen LogP contribution in [0.3, 0.4) is 0 Å². The Bertz CT molecular complexity index is 420. The summed E-state index contributed by atoms with van der Waals surface area (Å²) >= 11 is 0. The summed E-state index contributed by atoms with van der Waals surface area (Å²) in [5.74, 6) is 1.88. The second-order valence-corrected chi connectivity index (χ2v) is 2.97. The highest BCUT2D eigenvalue weighted by Crippen LogP contribution is 2.10. The molecule has 15 heavy (non-hydrogen) atoms. The van der Waals surface area contributed by atoms with Gasteiger partial charge in [-0.05, 0) is 12.1 Å². The van der Waals surface area contributed by atoms with Crippen molar-refractivity contribution in [3.63, 3.8) is 0 Å². The third-order valence-corrected chi connectivity index (χ3v) is 1.79. The molecule has 2 aromatic rings. The van der Waals surface area contributed by atoms with Crippen LogP contribution in [0.25, 0.3) is 0 Å². The maximum Gasteiger partial charge on any atom is 0.223 e. The zero-order chi connectivity index (χ0) is 10.7. The maximum atomic E-state index is 5.51. The van der Waals surface area contributed by atoms with E-state index in [0.717, 1.165) is 5.76 Å². The normalized spacial score (nSPS) is 10.1. The Kier molecular flexibility index (Phi) is 2.40. The Morgan fingerprint density at radius 2 is 2.20 bits per heavy atom. The van der Waals surface area contributed by atoms with Gasteiger partial charge < -0.3 is 21.2 Å². The summed E-state index contributed by atoms with van der Waals surface area (Å²) in [5.41, 5.74) is 11.0. The minimum Gasteiger partial charge on any atom is -0.467 e. The van der Waals surface area contributed by atoms with Crippen molar-refractivity contribution >= 4 is 17.6 Å². The first-order valence-electron chi connectivity index (χ1n) is 4.40. The average Bonchev–Trinajstić information content (AvgIpc) is 2.65. The minimum absolute atomic E-state index is 0.150. The number of aromatic nitrogens is 2. The summed E-state index contributed by atoms with van der Waals surface area (Å²) in [6, 6.07) is 5.29. The molecule has 0 saturated heterocycles. The molecule has 0 aromatic carbocycles. The first kappa shape index (κ1) is 9.32. The number of nitrogens with two attached hydrogens (primary N) is 2. The van der Waals surface area contributed by atoms with Gasteiger partial charge in [-0.25, -0.2) is 0 Å². The average molecular weight is 205 g/mol. The summed E-state index contributed by atoms with van der Waals surface area (Å²) in [4.78, 5) is 7.73. The molecule has 6 heteroatoms. The molecule has 0 aliphatic rings. The van der Waals surface area contributed by atoms with Crippen LogP contribution < -0.4 is 16.8 Å². The van der Waals surface area contributed by atoms with Gasteiger partial charge in [0, 0.05) is 6.07 Å². The van der Waals surface area contributed by atoms with Crippen molar-refractivity contribution in [1.29, 1.82) is 0 Å². The van der Waals surface area contributed by atoms with Crippen molar-refractivity contribution in [2.24, 2.45) is 0 Å². The van der Waals surface area contributed by atoms with E-state index in [2.05, 4.69) is 15.3 Å². The first-order chi connectivity index (χ1) is 7.24. The van der Waals surface area contributed by atoms with Crippen molar-refractivity contribution in [3.05, 3.63) is 30.2 Å². The van der Waals surface area contributed by atoms with Gasteiger partial charge in [-0.3, -0.25) is 0 Å². The van der Waals surface area contributed by atoms with Crippen LogP contribution in [0.15, 0.2) is 28.9 Å². The summed E-state index contributed by atoms with van der Waals surface area (Å²) in [6.45, 7) is 0.531. The Morgan fingerprint density at radius 3 is 2.87 bits per heavy atom. The zero-order valence-corrected chi connectivity index (χ0v) is 7.97. The molecule has 5 N–H and O–H groups in total. The highest BCUT2D eigenvalue weighted by atomic mass is 16.3. The van der Waals surface area contributed by atoms with Crippen LogP contribution in [0.2, 0.25) is 0 Å². The highest BCUT2D eigenvalue weighted by molar-refractivity contribution is 5.48. The number of rotatable bonds is 3. The van der Waals surface area contributed by atoms with Crippen molar-refractivity contribution < 1.29 is 4.42 Å². The smallest absolute Gasteiger partial charge is 0.223 e. The molecular weight excluding hydrogens is 194 g/mol. The number of nitrogens with one attached hydrogen (secondary N) is 1. The largest absolute Gasteiger partial charge is 0.467 e. The topological polar surface area (TPSA) is 103 Å². The van der Waals surface area contributed by atoms with E-state index in [-0.39, 0.29) is 5.95 Å². The quantitative estimate of drug-likeness (QED) is 0.686. The molecule has 0 spiro atoms. The Balaban J connectivity index is 2.05. The molecule has 0 fully saturated rings. The van der Waals surface area contributed by atoms with Crippen LogP contribution in [0, 0.1) is 0 Å². The SMILES string of the molecule is Nc1cc(NCc2ccco2)nc(N)n1. The molecule has 6 nitrogen and oxygen atoms in total. The van der Waals surface area contributed by atoms with E-state index in [1.807, 2.05) is 12.1 Å². The van der Waals surface area contributed by atoms with E-state index in [4.69, 9.17) is 15.9 Å². The van der Waals surface area contributed by atoms with Gasteiger partial charge in [0.2, 0.25) is 5.95 Å². The standard InChI is InChI=1S/C9H11N5O/c10-7-4-8(14-9(11)13-7)12-5-6-2-1-3-15-6/h1-4H,5H2,(H5,10,11,12,13,14). The van der Waals surface area contributed by atoms with Gasteiger partial charge in [0.25, 0.3) is 0 Å². The van der Waals surface area contributed by atoms with Crippen molar-refractivity contribution in [3.8, 4) is 0 Å². The molecule has 2 heterocycles. The van der Waals surface area contributed by atoms with Gasteiger partial charge in [0.05, 0.1) is 12.8 Å². The second kappa shape index (κ2) is 3.87. The fourth-order valence-corrected chi connectivity index (χ4v) is 1.17. The third-order valence-electron chi connectivity index (χ3n) is 1.79. The second-order valence-electron chi connectivity index (χ2n) is 2.97. The van der Waals surface area contributed by atoms with Crippen LogP contribution in [-0.2, 0) is 6.54 Å². The predicted octanol–water partition coefficient (Wildman–Crippen LogP) is 0.846. The van der Waals surface area contributed by atoms with Crippen molar-refractivity contribution in [2.45, 2.75) is 6.54 Å². The molecule has 78 valence electrons.